The summed E-state index contributed by atoms with van der Waals surface area (Å²) in [6.07, 6.45) is 0.0157. The number of nitrogens with zero attached hydrogens (tertiary/aromatic N) is 2. The number of hydrogen-bond acceptors (Lipinski definition) is 5. The Labute approximate surface area is 247 Å². The van der Waals surface area contributed by atoms with Gasteiger partial charge < -0.3 is 9.64 Å². The number of rotatable bonds is 4. The smallest absolute Gasteiger partial charge is 0.316 e. The van der Waals surface area contributed by atoms with Crippen LogP contribution in [0.15, 0.2) is 66.7 Å². The number of ether oxygens (including phenoxy) is 1. The molecular weight excluding hydrogens is 598 g/mol. The zero-order valence-electron chi connectivity index (χ0n) is 20.3. The van der Waals surface area contributed by atoms with Crippen LogP contribution in [0.1, 0.15) is 27.1 Å². The van der Waals surface area contributed by atoms with Crippen LogP contribution in [0.3, 0.4) is 0 Å². The van der Waals surface area contributed by atoms with Crippen molar-refractivity contribution in [3.8, 4) is 5.75 Å². The molecule has 4 aromatic rings. The number of hydrogen-bond donors (Lipinski definition) is 0. The maximum atomic E-state index is 13.1. The summed E-state index contributed by atoms with van der Waals surface area (Å²) >= 11 is 24.5. The molecule has 200 valence electrons. The molecule has 2 heterocycles. The molecule has 1 saturated heterocycles. The van der Waals surface area contributed by atoms with Crippen molar-refractivity contribution in [1.29, 1.82) is 0 Å². The van der Waals surface area contributed by atoms with E-state index in [-0.39, 0.29) is 61.5 Å². The van der Waals surface area contributed by atoms with Crippen molar-refractivity contribution in [2.24, 2.45) is 5.92 Å². The Kier molecular flexibility index (Phi) is 6.71. The van der Waals surface area contributed by atoms with Gasteiger partial charge in [0, 0.05) is 18.4 Å². The average Bonchev–Trinajstić information content (AvgIpc) is 3.47. The van der Waals surface area contributed by atoms with Gasteiger partial charge in [-0.3, -0.25) is 19.2 Å². The Morgan fingerprint density at radius 1 is 0.750 bits per heavy atom. The van der Waals surface area contributed by atoms with Gasteiger partial charge >= 0.3 is 5.97 Å². The molecule has 0 saturated carbocycles. The van der Waals surface area contributed by atoms with Gasteiger partial charge in [-0.1, -0.05) is 82.8 Å². The van der Waals surface area contributed by atoms with E-state index >= 15 is 0 Å². The van der Waals surface area contributed by atoms with Crippen LogP contribution in [0.4, 0.5) is 11.4 Å². The van der Waals surface area contributed by atoms with Gasteiger partial charge in [0.1, 0.15) is 5.75 Å². The molecule has 0 N–H and O–H groups in total. The van der Waals surface area contributed by atoms with Gasteiger partial charge in [0.2, 0.25) is 5.91 Å². The minimum absolute atomic E-state index is 0.0157. The number of anilines is 2. The summed E-state index contributed by atoms with van der Waals surface area (Å²) < 4.78 is 5.54. The molecule has 0 aliphatic carbocycles. The number of esters is 1. The monoisotopic (exact) mass is 612 g/mol. The third-order valence-electron chi connectivity index (χ3n) is 6.93. The fourth-order valence-electron chi connectivity index (χ4n) is 4.99. The third-order valence-corrected chi connectivity index (χ3v) is 8.73. The summed E-state index contributed by atoms with van der Waals surface area (Å²) in [5.41, 5.74) is 0.668. The van der Waals surface area contributed by atoms with Gasteiger partial charge in [0.25, 0.3) is 11.8 Å². The lowest BCUT2D eigenvalue weighted by atomic mass is 10.1. The van der Waals surface area contributed by atoms with Crippen molar-refractivity contribution in [2.45, 2.75) is 6.42 Å². The Morgan fingerprint density at radius 2 is 1.35 bits per heavy atom. The fourth-order valence-corrected chi connectivity index (χ4v) is 6.00. The fraction of sp³-hybridized carbons (Fsp3) is 0.103. The topological polar surface area (TPSA) is 84.0 Å². The molecule has 4 aromatic carbocycles. The van der Waals surface area contributed by atoms with Crippen molar-refractivity contribution >= 4 is 92.2 Å². The Morgan fingerprint density at radius 3 is 2.00 bits per heavy atom. The van der Waals surface area contributed by atoms with Crippen LogP contribution in [-0.2, 0) is 9.59 Å². The van der Waals surface area contributed by atoms with Crippen LogP contribution in [-0.4, -0.2) is 30.2 Å². The highest BCUT2D eigenvalue weighted by molar-refractivity contribution is 6.56. The molecule has 1 fully saturated rings. The third kappa shape index (κ3) is 4.21. The minimum Gasteiger partial charge on any atom is -0.426 e. The Bertz CT molecular complexity index is 1720. The molecule has 1 atom stereocenters. The number of imide groups is 1. The van der Waals surface area contributed by atoms with Crippen LogP contribution >= 0.6 is 46.4 Å². The molecule has 11 heteroatoms. The second-order valence-corrected chi connectivity index (χ2v) is 10.8. The molecule has 40 heavy (non-hydrogen) atoms. The van der Waals surface area contributed by atoms with E-state index in [4.69, 9.17) is 51.1 Å². The first-order valence-electron chi connectivity index (χ1n) is 12.0. The van der Waals surface area contributed by atoms with Crippen molar-refractivity contribution < 1.29 is 23.9 Å². The summed E-state index contributed by atoms with van der Waals surface area (Å²) in [7, 11) is 0. The summed E-state index contributed by atoms with van der Waals surface area (Å²) in [5.74, 6) is -2.64. The highest BCUT2D eigenvalue weighted by Gasteiger charge is 2.42. The molecular formula is C29H16Cl4N2O5. The molecule has 0 bridgehead atoms. The van der Waals surface area contributed by atoms with Crippen molar-refractivity contribution in [3.63, 3.8) is 0 Å². The minimum atomic E-state index is -0.715. The number of benzene rings is 4. The number of fused-ring (bicyclic) bond motifs is 2. The van der Waals surface area contributed by atoms with Crippen LogP contribution in [0.2, 0.25) is 20.1 Å². The van der Waals surface area contributed by atoms with E-state index in [2.05, 4.69) is 0 Å². The van der Waals surface area contributed by atoms with E-state index < -0.39 is 23.7 Å². The zero-order valence-corrected chi connectivity index (χ0v) is 23.3. The van der Waals surface area contributed by atoms with E-state index in [1.54, 1.807) is 4.90 Å². The first-order valence-corrected chi connectivity index (χ1v) is 13.5. The van der Waals surface area contributed by atoms with Crippen molar-refractivity contribution in [2.75, 3.05) is 16.3 Å². The van der Waals surface area contributed by atoms with Crippen LogP contribution in [0.25, 0.3) is 10.8 Å². The Hall–Kier alpha value is -3.62. The maximum absolute atomic E-state index is 13.1. The largest absolute Gasteiger partial charge is 0.426 e. The predicted molar refractivity (Wildman–Crippen MR) is 154 cm³/mol. The van der Waals surface area contributed by atoms with Crippen LogP contribution < -0.4 is 14.5 Å². The second-order valence-electron chi connectivity index (χ2n) is 9.27. The lowest BCUT2D eigenvalue weighted by Gasteiger charge is -2.19. The molecule has 0 unspecified atom stereocenters. The van der Waals surface area contributed by atoms with Gasteiger partial charge in [-0.15, -0.1) is 0 Å². The summed E-state index contributed by atoms with van der Waals surface area (Å²) in [6, 6.07) is 19.2. The number of halogens is 4. The zero-order chi connectivity index (χ0) is 28.3. The number of amides is 3. The average molecular weight is 614 g/mol. The van der Waals surface area contributed by atoms with Gasteiger partial charge in [0.05, 0.1) is 48.5 Å². The molecule has 0 aromatic heterocycles. The van der Waals surface area contributed by atoms with E-state index in [9.17, 15) is 19.2 Å². The molecule has 3 amide bonds. The van der Waals surface area contributed by atoms with Gasteiger partial charge in [-0.25, -0.2) is 4.90 Å². The molecule has 2 aliphatic rings. The SMILES string of the molecule is O=C(Oc1ccc(N2C(=O)c3c(Cl)c(Cl)c(Cl)c(Cl)c3C2=O)cc1)[C@@H]1CC(=O)N(c2cccc3ccccc23)C1. The first-order chi connectivity index (χ1) is 19.2. The van der Waals surface area contributed by atoms with Crippen molar-refractivity contribution in [3.05, 3.63) is 97.9 Å². The predicted octanol–water partition coefficient (Wildman–Crippen LogP) is 7.21. The molecule has 7 nitrogen and oxygen atoms in total. The quantitative estimate of drug-likeness (QED) is 0.0798. The lowest BCUT2D eigenvalue weighted by Crippen LogP contribution is -2.29. The highest BCUT2D eigenvalue weighted by Crippen LogP contribution is 2.45. The Balaban J connectivity index is 1.18. The maximum Gasteiger partial charge on any atom is 0.316 e. The van der Waals surface area contributed by atoms with Gasteiger partial charge in [-0.05, 0) is 35.7 Å². The standard InChI is InChI=1S/C29H16Cl4N2O5/c30-23-21-22(24(31)26(33)25(23)32)28(38)35(27(21)37)16-8-10-17(11-9-16)40-29(39)15-12-20(36)34(13-15)19-7-3-5-14-4-1-2-6-18(14)19/h1-11,15H,12-13H2/t15-/m1/s1. The van der Waals surface area contributed by atoms with E-state index in [0.29, 0.717) is 0 Å². The summed E-state index contributed by atoms with van der Waals surface area (Å²) in [6.45, 7) is 0.186. The van der Waals surface area contributed by atoms with Crippen LogP contribution in [0, 0.1) is 5.92 Å². The van der Waals surface area contributed by atoms with E-state index in [1.165, 1.54) is 24.3 Å². The van der Waals surface area contributed by atoms with Gasteiger partial charge in [0.15, 0.2) is 0 Å². The van der Waals surface area contributed by atoms with Crippen LogP contribution in [0.5, 0.6) is 5.75 Å². The molecule has 0 radical (unpaired) electrons. The number of carbonyl (C=O) groups excluding carboxylic acids is 4. The normalized spacial score (nSPS) is 16.7. The van der Waals surface area contributed by atoms with E-state index in [1.807, 2.05) is 42.5 Å². The highest BCUT2D eigenvalue weighted by atomic mass is 35.5. The van der Waals surface area contributed by atoms with E-state index in [0.717, 1.165) is 21.4 Å². The summed E-state index contributed by atoms with van der Waals surface area (Å²) in [4.78, 5) is 54.4. The molecule has 6 rings (SSSR count). The molecule has 2 aliphatic heterocycles. The first kappa shape index (κ1) is 26.6. The number of carbonyl (C=O) groups is 4. The second kappa shape index (κ2) is 10.1. The lowest BCUT2D eigenvalue weighted by molar-refractivity contribution is -0.139. The van der Waals surface area contributed by atoms with Gasteiger partial charge in [-0.2, -0.15) is 0 Å². The molecule has 0 spiro atoms. The summed E-state index contributed by atoms with van der Waals surface area (Å²) in [5, 5.41) is 1.33. The van der Waals surface area contributed by atoms with Crippen molar-refractivity contribution in [1.82, 2.24) is 0 Å².